The van der Waals surface area contributed by atoms with Gasteiger partial charge in [-0.1, -0.05) is 24.3 Å². The molecular formula is C24H27FN6O2. The van der Waals surface area contributed by atoms with E-state index in [1.165, 1.54) is 17.7 Å². The second kappa shape index (κ2) is 9.11. The number of benzene rings is 2. The van der Waals surface area contributed by atoms with Crippen molar-refractivity contribution in [2.75, 3.05) is 7.11 Å². The topological polar surface area (TPSA) is 81.2 Å². The number of hydrogen-bond acceptors (Lipinski definition) is 7. The zero-order valence-corrected chi connectivity index (χ0v) is 18.4. The Labute approximate surface area is 192 Å². The molecule has 33 heavy (non-hydrogen) atoms. The van der Waals surface area contributed by atoms with Gasteiger partial charge in [0.25, 0.3) is 0 Å². The Morgan fingerprint density at radius 2 is 1.97 bits per heavy atom. The second-order valence-electron chi connectivity index (χ2n) is 8.38. The third kappa shape index (κ3) is 4.49. The molecule has 9 heteroatoms. The number of amidine groups is 1. The number of hydrogen-bond donors (Lipinski definition) is 3. The fourth-order valence-corrected chi connectivity index (χ4v) is 4.48. The summed E-state index contributed by atoms with van der Waals surface area (Å²) in [5.41, 5.74) is 8.89. The standard InChI is InChI=1S/C24H27FN6O2/c1-33-19-8-4-17(5-9-19)20-14-21-24-28-27-22(30(24)12-13-31(21)29-20)10-11-23(32)26-15-16-2-6-18(25)7-3-16/h2-9,12-13,20-21,24,28-29H,10-11,14-15H2,1H3,(H,26,32). The number of methoxy groups -OCH3 is 1. The Morgan fingerprint density at radius 1 is 1.18 bits per heavy atom. The molecule has 3 N–H and O–H groups in total. The Morgan fingerprint density at radius 3 is 2.73 bits per heavy atom. The van der Waals surface area contributed by atoms with Crippen LogP contribution in [-0.2, 0) is 11.3 Å². The van der Waals surface area contributed by atoms with Gasteiger partial charge in [-0.3, -0.25) is 10.2 Å². The van der Waals surface area contributed by atoms with Crippen LogP contribution in [0.3, 0.4) is 0 Å². The van der Waals surface area contributed by atoms with Crippen molar-refractivity contribution in [3.63, 3.8) is 0 Å². The second-order valence-corrected chi connectivity index (χ2v) is 8.38. The summed E-state index contributed by atoms with van der Waals surface area (Å²) in [6, 6.07) is 14.7. The quantitative estimate of drug-likeness (QED) is 0.602. The van der Waals surface area contributed by atoms with Crippen molar-refractivity contribution < 1.29 is 13.9 Å². The highest BCUT2D eigenvalue weighted by Crippen LogP contribution is 2.34. The maximum absolute atomic E-state index is 13.0. The van der Waals surface area contributed by atoms with Gasteiger partial charge in [0.15, 0.2) is 0 Å². The van der Waals surface area contributed by atoms with Crippen LogP contribution in [0.5, 0.6) is 5.75 Å². The number of carbonyl (C=O) groups is 1. The van der Waals surface area contributed by atoms with Crippen LogP contribution in [0.25, 0.3) is 0 Å². The zero-order valence-electron chi connectivity index (χ0n) is 18.4. The Kier molecular flexibility index (Phi) is 5.87. The first-order valence-electron chi connectivity index (χ1n) is 11.1. The van der Waals surface area contributed by atoms with Crippen molar-refractivity contribution in [2.45, 2.75) is 44.1 Å². The molecule has 1 saturated heterocycles. The normalized spacial score (nSPS) is 23.0. The summed E-state index contributed by atoms with van der Waals surface area (Å²) >= 11 is 0. The molecule has 3 atom stereocenters. The lowest BCUT2D eigenvalue weighted by Gasteiger charge is -2.37. The van der Waals surface area contributed by atoms with Crippen molar-refractivity contribution in [3.8, 4) is 5.75 Å². The van der Waals surface area contributed by atoms with Crippen molar-refractivity contribution >= 4 is 11.7 Å². The third-order valence-electron chi connectivity index (χ3n) is 6.31. The molecule has 1 amide bonds. The fraction of sp³-hybridized carbons (Fsp3) is 0.333. The van der Waals surface area contributed by atoms with Crippen LogP contribution in [0.1, 0.15) is 36.4 Å². The lowest BCUT2D eigenvalue weighted by Crippen LogP contribution is -2.54. The number of ether oxygens (including phenoxy) is 1. The molecule has 0 spiro atoms. The number of carbonyl (C=O) groups excluding carboxylic acids is 1. The summed E-state index contributed by atoms with van der Waals surface area (Å²) in [4.78, 5) is 14.4. The molecule has 0 bridgehead atoms. The monoisotopic (exact) mass is 450 g/mol. The van der Waals surface area contributed by atoms with Gasteiger partial charge in [-0.2, -0.15) is 5.10 Å². The highest BCUT2D eigenvalue weighted by atomic mass is 19.1. The van der Waals surface area contributed by atoms with Crippen molar-refractivity contribution in [1.29, 1.82) is 0 Å². The van der Waals surface area contributed by atoms with E-state index < -0.39 is 0 Å². The zero-order chi connectivity index (χ0) is 22.8. The number of nitrogens with one attached hydrogen (secondary N) is 3. The molecule has 3 unspecified atom stereocenters. The minimum absolute atomic E-state index is 0.0167. The van der Waals surface area contributed by atoms with Crippen LogP contribution in [0, 0.1) is 5.82 Å². The van der Waals surface area contributed by atoms with Crippen molar-refractivity contribution in [3.05, 3.63) is 77.9 Å². The molecule has 5 rings (SSSR count). The Bertz CT molecular complexity index is 1060. The average molecular weight is 451 g/mol. The number of hydrazine groups is 1. The predicted molar refractivity (Wildman–Crippen MR) is 122 cm³/mol. The molecule has 0 aliphatic carbocycles. The van der Waals surface area contributed by atoms with Crippen LogP contribution in [0.2, 0.25) is 0 Å². The van der Waals surface area contributed by atoms with Gasteiger partial charge in [-0.15, -0.1) is 0 Å². The molecule has 0 saturated carbocycles. The van der Waals surface area contributed by atoms with Crippen molar-refractivity contribution in [1.82, 2.24) is 26.1 Å². The summed E-state index contributed by atoms with van der Waals surface area (Å²) in [6.07, 6.45) is 5.83. The van der Waals surface area contributed by atoms with E-state index in [2.05, 4.69) is 43.3 Å². The lowest BCUT2D eigenvalue weighted by molar-refractivity contribution is -0.121. The van der Waals surface area contributed by atoms with Crippen LogP contribution in [-0.4, -0.2) is 41.0 Å². The highest BCUT2D eigenvalue weighted by molar-refractivity contribution is 5.89. The van der Waals surface area contributed by atoms with E-state index in [1.54, 1.807) is 19.2 Å². The number of fused-ring (bicyclic) bond motifs is 3. The van der Waals surface area contributed by atoms with E-state index in [0.29, 0.717) is 19.4 Å². The van der Waals surface area contributed by atoms with E-state index in [4.69, 9.17) is 4.74 Å². The van der Waals surface area contributed by atoms with Gasteiger partial charge in [-0.05, 0) is 41.8 Å². The molecule has 3 aliphatic heterocycles. The van der Waals surface area contributed by atoms with E-state index >= 15 is 0 Å². The SMILES string of the molecule is COc1ccc(C2CC3C4NN=C(CCC(=O)NCc5ccc(F)cc5)N4C=CN3N2)cc1. The summed E-state index contributed by atoms with van der Waals surface area (Å²) in [5, 5.41) is 9.53. The summed E-state index contributed by atoms with van der Waals surface area (Å²) in [6.45, 7) is 0.380. The largest absolute Gasteiger partial charge is 0.497 e. The number of amides is 1. The summed E-state index contributed by atoms with van der Waals surface area (Å²) < 4.78 is 18.3. The first-order chi connectivity index (χ1) is 16.1. The smallest absolute Gasteiger partial charge is 0.220 e. The molecule has 3 aliphatic rings. The maximum Gasteiger partial charge on any atom is 0.220 e. The first kappa shape index (κ1) is 21.3. The summed E-state index contributed by atoms with van der Waals surface area (Å²) in [5.74, 6) is 1.35. The van der Waals surface area contributed by atoms with E-state index in [1.807, 2.05) is 24.5 Å². The fourth-order valence-electron chi connectivity index (χ4n) is 4.48. The van der Waals surface area contributed by atoms with Crippen LogP contribution >= 0.6 is 0 Å². The summed E-state index contributed by atoms with van der Waals surface area (Å²) in [7, 11) is 1.67. The van der Waals surface area contributed by atoms with Crippen LogP contribution in [0.4, 0.5) is 4.39 Å². The Balaban J connectivity index is 1.13. The number of nitrogens with zero attached hydrogens (tertiary/aromatic N) is 3. The van der Waals surface area contributed by atoms with E-state index in [0.717, 1.165) is 23.6 Å². The molecule has 1 fully saturated rings. The molecule has 2 aromatic carbocycles. The Hall–Kier alpha value is -3.59. The number of hydrazone groups is 1. The van der Waals surface area contributed by atoms with Gasteiger partial charge in [0.05, 0.1) is 19.2 Å². The van der Waals surface area contributed by atoms with Crippen molar-refractivity contribution in [2.24, 2.45) is 5.10 Å². The van der Waals surface area contributed by atoms with Gasteiger partial charge in [-0.25, -0.2) is 9.82 Å². The molecule has 0 radical (unpaired) electrons. The minimum Gasteiger partial charge on any atom is -0.497 e. The van der Waals surface area contributed by atoms with Crippen LogP contribution < -0.4 is 20.9 Å². The lowest BCUT2D eigenvalue weighted by atomic mass is 9.99. The number of halogens is 1. The van der Waals surface area contributed by atoms with Crippen LogP contribution in [0.15, 0.2) is 66.0 Å². The van der Waals surface area contributed by atoms with E-state index in [-0.39, 0.29) is 30.0 Å². The molecule has 3 heterocycles. The van der Waals surface area contributed by atoms with Gasteiger partial charge in [0, 0.05) is 31.8 Å². The molecule has 0 aromatic heterocycles. The molecule has 172 valence electrons. The third-order valence-corrected chi connectivity index (χ3v) is 6.31. The number of rotatable bonds is 7. The van der Waals surface area contributed by atoms with Gasteiger partial charge in [0.1, 0.15) is 23.6 Å². The van der Waals surface area contributed by atoms with Gasteiger partial charge < -0.3 is 20.0 Å². The molecule has 2 aromatic rings. The highest BCUT2D eigenvalue weighted by Gasteiger charge is 2.44. The predicted octanol–water partition coefficient (Wildman–Crippen LogP) is 2.58. The van der Waals surface area contributed by atoms with Gasteiger partial charge in [0.2, 0.25) is 5.91 Å². The van der Waals surface area contributed by atoms with Gasteiger partial charge >= 0.3 is 0 Å². The minimum atomic E-state index is -0.285. The first-order valence-corrected chi connectivity index (χ1v) is 11.1. The molecule has 8 nitrogen and oxygen atoms in total. The molecular weight excluding hydrogens is 423 g/mol. The maximum atomic E-state index is 13.0. The average Bonchev–Trinajstić information content (AvgIpc) is 3.46. The van der Waals surface area contributed by atoms with E-state index in [9.17, 15) is 9.18 Å².